The monoisotopic (exact) mass is 842 g/mol. The van der Waals surface area contributed by atoms with E-state index in [0.717, 1.165) is 40.0 Å². The highest BCUT2D eigenvalue weighted by Crippen LogP contribution is 2.43. The normalized spacial score (nSPS) is 17.1. The number of thioether (sulfide) groups is 1. The number of esters is 2. The first-order valence-corrected chi connectivity index (χ1v) is 21.2. The second kappa shape index (κ2) is 19.0. The lowest BCUT2D eigenvalue weighted by Gasteiger charge is -2.49. The number of carbonyl (C=O) groups excluding carboxylic acids is 4. The van der Waals surface area contributed by atoms with Gasteiger partial charge in [0.05, 0.1) is 0 Å². The zero-order chi connectivity index (χ0) is 42.1. The molecule has 2 aromatic heterocycles. The number of nitrogens with two attached hydrogens (primary N) is 1. The molecule has 2 aliphatic rings. The first-order valence-electron chi connectivity index (χ1n) is 19.3. The Hall–Kier alpha value is -6.58. The molecule has 7 rings (SSSR count). The zero-order valence-corrected chi connectivity index (χ0v) is 34.4. The third-order valence-corrected chi connectivity index (χ3v) is 11.7. The summed E-state index contributed by atoms with van der Waals surface area (Å²) >= 11 is 2.48. The van der Waals surface area contributed by atoms with E-state index >= 15 is 0 Å². The number of benzene rings is 3. The number of rotatable bonds is 16. The molecule has 0 aliphatic carbocycles. The van der Waals surface area contributed by atoms with Crippen LogP contribution in [-0.4, -0.2) is 67.8 Å². The highest BCUT2D eigenvalue weighted by molar-refractivity contribution is 8.00. The van der Waals surface area contributed by atoms with Gasteiger partial charge in [0.15, 0.2) is 10.8 Å². The lowest BCUT2D eigenvalue weighted by atomic mass is 9.80. The summed E-state index contributed by atoms with van der Waals surface area (Å²) < 4.78 is 10.9. The minimum absolute atomic E-state index is 0.0197. The number of β-lactam (4-membered cyclic amide) rings is 1. The average Bonchev–Trinajstić information content (AvgIpc) is 3.71. The molecule has 0 radical (unpaired) electrons. The van der Waals surface area contributed by atoms with Gasteiger partial charge >= 0.3 is 11.9 Å². The average molecular weight is 843 g/mol. The molecule has 2 aliphatic heterocycles. The number of nitrogen functional groups attached to an aromatic ring is 1. The Kier molecular flexibility index (Phi) is 13.2. The molecule has 5 aromatic rings. The molecule has 1 unspecified atom stereocenters. The molecular weight excluding hydrogens is 801 g/mol. The maximum atomic E-state index is 14.4. The molecule has 0 saturated carbocycles. The van der Waals surface area contributed by atoms with Gasteiger partial charge in [-0.15, -0.1) is 23.1 Å². The molecule has 306 valence electrons. The predicted molar refractivity (Wildman–Crippen MR) is 230 cm³/mol. The highest BCUT2D eigenvalue weighted by atomic mass is 32.2. The maximum absolute atomic E-state index is 14.4. The number of hydrogen-bond acceptors (Lipinski definition) is 13. The molecular formula is C45H42N6O7S2. The van der Waals surface area contributed by atoms with E-state index in [2.05, 4.69) is 20.4 Å². The summed E-state index contributed by atoms with van der Waals surface area (Å²) in [6, 6.07) is 31.2. The minimum atomic E-state index is -1.32. The van der Waals surface area contributed by atoms with Gasteiger partial charge in [-0.3, -0.25) is 24.3 Å². The van der Waals surface area contributed by atoms with Crippen LogP contribution in [0.1, 0.15) is 61.1 Å². The summed E-state index contributed by atoms with van der Waals surface area (Å²) in [6.45, 7) is 3.39. The van der Waals surface area contributed by atoms with E-state index in [1.54, 1.807) is 36.0 Å². The van der Waals surface area contributed by atoms with Gasteiger partial charge < -0.3 is 25.4 Å². The summed E-state index contributed by atoms with van der Waals surface area (Å²) in [5.74, 6) is -2.37. The van der Waals surface area contributed by atoms with E-state index in [1.807, 2.05) is 104 Å². The maximum Gasteiger partial charge on any atom is 0.358 e. The first-order chi connectivity index (χ1) is 29.2. The van der Waals surface area contributed by atoms with E-state index < -0.39 is 47.1 Å². The van der Waals surface area contributed by atoms with Crippen molar-refractivity contribution in [3.05, 3.63) is 166 Å². The fourth-order valence-electron chi connectivity index (χ4n) is 6.83. The molecule has 4 heterocycles. The van der Waals surface area contributed by atoms with Crippen molar-refractivity contribution in [3.63, 3.8) is 0 Å². The van der Waals surface area contributed by atoms with E-state index in [0.29, 0.717) is 12.0 Å². The van der Waals surface area contributed by atoms with Crippen LogP contribution >= 0.6 is 23.1 Å². The van der Waals surface area contributed by atoms with Crippen LogP contribution in [0.25, 0.3) is 6.08 Å². The summed E-state index contributed by atoms with van der Waals surface area (Å²) in [5, 5.41) is 8.49. The molecule has 3 atom stereocenters. The fourth-order valence-corrected chi connectivity index (χ4v) is 8.69. The molecule has 1 saturated heterocycles. The van der Waals surface area contributed by atoms with Crippen molar-refractivity contribution in [2.45, 2.75) is 56.4 Å². The van der Waals surface area contributed by atoms with E-state index in [9.17, 15) is 19.2 Å². The summed E-state index contributed by atoms with van der Waals surface area (Å²) in [6.07, 6.45) is 7.20. The number of oxime groups is 1. The highest BCUT2D eigenvalue weighted by Gasteiger charge is 2.55. The SMILES string of the molecule is CCCCC(=O)OC(C)OC(=O)C1=C(/C=C\c2cccnc2)CS[C@@H]2[C@H](NC(=O)C(=NOC(c3ccccc3)(c3ccccc3)c3ccccc3)c3csc(N)n3)C(=O)N12. The van der Waals surface area contributed by atoms with Gasteiger partial charge in [0.1, 0.15) is 22.8 Å². The third kappa shape index (κ3) is 9.01. The van der Waals surface area contributed by atoms with Crippen LogP contribution in [0.4, 0.5) is 5.13 Å². The van der Waals surface area contributed by atoms with E-state index in [-0.39, 0.29) is 34.4 Å². The molecule has 3 aromatic carbocycles. The predicted octanol–water partition coefficient (Wildman–Crippen LogP) is 6.82. The molecule has 13 nitrogen and oxygen atoms in total. The number of nitrogens with zero attached hydrogens (tertiary/aromatic N) is 4. The smallest absolute Gasteiger partial charge is 0.358 e. The Bertz CT molecular complexity index is 2310. The van der Waals surface area contributed by atoms with Crippen molar-refractivity contribution in [1.29, 1.82) is 0 Å². The van der Waals surface area contributed by atoms with Gasteiger partial charge in [-0.1, -0.05) is 128 Å². The topological polar surface area (TPSA) is 175 Å². The molecule has 2 amide bonds. The fraction of sp³-hybridized carbons (Fsp3) is 0.222. The number of allylic oxidation sites excluding steroid dienone is 1. The molecule has 15 heteroatoms. The van der Waals surface area contributed by atoms with Crippen molar-refractivity contribution in [2.75, 3.05) is 11.5 Å². The number of hydrogen-bond donors (Lipinski definition) is 2. The van der Waals surface area contributed by atoms with Crippen molar-refractivity contribution >= 4 is 63.8 Å². The van der Waals surface area contributed by atoms with Crippen molar-refractivity contribution < 1.29 is 33.5 Å². The third-order valence-electron chi connectivity index (χ3n) is 9.74. The van der Waals surface area contributed by atoms with Crippen molar-refractivity contribution in [3.8, 4) is 0 Å². The van der Waals surface area contributed by atoms with Gasteiger partial charge in [0.25, 0.3) is 11.8 Å². The summed E-state index contributed by atoms with van der Waals surface area (Å²) in [7, 11) is 0. The Labute approximate surface area is 355 Å². The van der Waals surface area contributed by atoms with E-state index in [4.69, 9.17) is 20.0 Å². The van der Waals surface area contributed by atoms with Crippen molar-refractivity contribution in [2.24, 2.45) is 5.16 Å². The van der Waals surface area contributed by atoms with Crippen LogP contribution in [0.3, 0.4) is 0 Å². The Morgan fingerprint density at radius 2 is 1.60 bits per heavy atom. The lowest BCUT2D eigenvalue weighted by molar-refractivity contribution is -0.184. The van der Waals surface area contributed by atoms with Crippen LogP contribution in [0.15, 0.2) is 143 Å². The number of ether oxygens (including phenoxy) is 2. The second-order valence-corrected chi connectivity index (χ2v) is 15.8. The number of nitrogens with one attached hydrogen (secondary N) is 1. The van der Waals surface area contributed by atoms with Gasteiger partial charge in [0, 0.05) is 53.6 Å². The van der Waals surface area contributed by atoms with Crippen LogP contribution < -0.4 is 11.1 Å². The van der Waals surface area contributed by atoms with Gasteiger partial charge in [0.2, 0.25) is 11.9 Å². The van der Waals surface area contributed by atoms with Crippen LogP contribution in [-0.2, 0) is 39.1 Å². The molecule has 60 heavy (non-hydrogen) atoms. The minimum Gasteiger partial charge on any atom is -0.425 e. The van der Waals surface area contributed by atoms with E-state index in [1.165, 1.54) is 23.6 Å². The molecule has 0 spiro atoms. The quantitative estimate of drug-likeness (QED) is 0.0266. The number of unbranched alkanes of at least 4 members (excludes halogenated alkanes) is 1. The number of thiazole rings is 1. The Morgan fingerprint density at radius 1 is 0.950 bits per heavy atom. The summed E-state index contributed by atoms with van der Waals surface area (Å²) in [4.78, 5) is 71.2. The molecule has 0 bridgehead atoms. The zero-order valence-electron chi connectivity index (χ0n) is 32.8. The number of amides is 2. The van der Waals surface area contributed by atoms with Crippen LogP contribution in [0, 0.1) is 0 Å². The van der Waals surface area contributed by atoms with Crippen LogP contribution in [0.2, 0.25) is 0 Å². The number of pyridine rings is 1. The number of fused-ring (bicyclic) bond motifs is 1. The number of anilines is 1. The summed E-state index contributed by atoms with van der Waals surface area (Å²) in [5.41, 5.74) is 8.16. The van der Waals surface area contributed by atoms with Crippen LogP contribution in [0.5, 0.6) is 0 Å². The Morgan fingerprint density at radius 3 is 2.17 bits per heavy atom. The molecule has 3 N–H and O–H groups in total. The van der Waals surface area contributed by atoms with Gasteiger partial charge in [-0.05, 0) is 23.6 Å². The Balaban J connectivity index is 1.20. The lowest BCUT2D eigenvalue weighted by Crippen LogP contribution is -2.71. The number of carbonyl (C=O) groups is 4. The largest absolute Gasteiger partial charge is 0.425 e. The molecule has 1 fully saturated rings. The van der Waals surface area contributed by atoms with Gasteiger partial charge in [-0.2, -0.15) is 0 Å². The van der Waals surface area contributed by atoms with Gasteiger partial charge in [-0.25, -0.2) is 9.78 Å². The van der Waals surface area contributed by atoms with Crippen molar-refractivity contribution in [1.82, 2.24) is 20.2 Å². The standard InChI is InChI=1S/C45H42N6O7S2/c1-3-4-22-36(52)56-29(2)57-43(55)39-31(24-23-30-15-14-25-47-26-30)27-59-42-38(41(54)51(39)42)49-40(53)37(35-28-60-44(46)48-35)50-58-45(32-16-8-5-9-17-32,33-18-10-6-11-19-33)34-20-12-7-13-21-34/h5-21,23-26,28-29,38,42H,3-4,22,27H2,1-2H3,(H2,46,48)(H,49,53)/b24-23-,50-37?/t29?,38-,42-/m1/s1. The number of aromatic nitrogens is 2. The second-order valence-electron chi connectivity index (χ2n) is 13.8. The first kappa shape index (κ1) is 41.6.